The van der Waals surface area contributed by atoms with Crippen molar-refractivity contribution in [1.82, 2.24) is 9.88 Å². The standard InChI is InChI=1S/C29H32ClN3O5/c30-25-13-22(6-5-19(25)12-20(34)11-18-3-4-18)38-27-7-8-32-26-15-28(24(29(31)36)14-23(26)27)37-17-21(35)16-33-9-1-2-10-33/h5-8,13-15,18,21,35H,1-4,9-12,16-17H2,(H2,31,36)/t21-/m1/s1. The lowest BCUT2D eigenvalue weighted by Crippen LogP contribution is -2.33. The number of rotatable bonds is 12. The van der Waals surface area contributed by atoms with E-state index < -0.39 is 12.0 Å². The fourth-order valence-electron chi connectivity index (χ4n) is 4.84. The zero-order chi connectivity index (χ0) is 26.6. The average Bonchev–Trinajstić information content (AvgIpc) is 3.55. The van der Waals surface area contributed by atoms with E-state index in [1.807, 2.05) is 0 Å². The molecule has 2 aromatic carbocycles. The second-order valence-corrected chi connectivity index (χ2v) is 10.6. The number of β-amino-alcohol motifs (C(OH)–C–C–N with tert-alkyl or cyclic N) is 1. The van der Waals surface area contributed by atoms with Crippen LogP contribution in [0.1, 0.15) is 48.0 Å². The summed E-state index contributed by atoms with van der Waals surface area (Å²) in [6.07, 6.45) is 6.38. The molecule has 38 heavy (non-hydrogen) atoms. The third-order valence-corrected chi connectivity index (χ3v) is 7.37. The van der Waals surface area contributed by atoms with Crippen LogP contribution in [-0.2, 0) is 11.2 Å². The van der Waals surface area contributed by atoms with Crippen LogP contribution in [0, 0.1) is 5.92 Å². The maximum Gasteiger partial charge on any atom is 0.252 e. The number of aliphatic hydroxyl groups is 1. The molecule has 0 spiro atoms. The first-order valence-electron chi connectivity index (χ1n) is 13.1. The maximum atomic E-state index is 12.3. The van der Waals surface area contributed by atoms with Crippen LogP contribution in [0.3, 0.4) is 0 Å². The highest BCUT2D eigenvalue weighted by molar-refractivity contribution is 6.31. The van der Waals surface area contributed by atoms with Crippen LogP contribution < -0.4 is 15.2 Å². The Hall–Kier alpha value is -3.20. The van der Waals surface area contributed by atoms with Gasteiger partial charge in [0, 0.05) is 42.1 Å². The van der Waals surface area contributed by atoms with Crippen LogP contribution in [0.25, 0.3) is 10.9 Å². The highest BCUT2D eigenvalue weighted by atomic mass is 35.5. The number of aliphatic hydroxyl groups excluding tert-OH is 1. The van der Waals surface area contributed by atoms with Gasteiger partial charge in [0.1, 0.15) is 35.7 Å². The number of carbonyl (C=O) groups excluding carboxylic acids is 2. The second kappa shape index (κ2) is 11.7. The molecule has 8 nitrogen and oxygen atoms in total. The van der Waals surface area contributed by atoms with Crippen LogP contribution in [0.5, 0.6) is 17.2 Å². The number of nitrogens with two attached hydrogens (primary N) is 1. The molecule has 1 atom stereocenters. The number of hydrogen-bond donors (Lipinski definition) is 2. The quantitative estimate of drug-likeness (QED) is 0.349. The first-order valence-corrected chi connectivity index (χ1v) is 13.5. The highest BCUT2D eigenvalue weighted by Crippen LogP contribution is 2.36. The first-order chi connectivity index (χ1) is 18.4. The summed E-state index contributed by atoms with van der Waals surface area (Å²) in [6.45, 7) is 2.50. The number of hydrogen-bond acceptors (Lipinski definition) is 7. The molecule has 2 aliphatic rings. The molecule has 0 bridgehead atoms. The van der Waals surface area contributed by atoms with Crippen LogP contribution in [0.15, 0.2) is 42.6 Å². The molecule has 200 valence electrons. The lowest BCUT2D eigenvalue weighted by molar-refractivity contribution is -0.118. The van der Waals surface area contributed by atoms with Gasteiger partial charge in [0.05, 0.1) is 11.1 Å². The van der Waals surface area contributed by atoms with Crippen molar-refractivity contribution in [2.45, 2.75) is 44.6 Å². The van der Waals surface area contributed by atoms with Gasteiger partial charge in [0.15, 0.2) is 0 Å². The average molecular weight is 538 g/mol. The van der Waals surface area contributed by atoms with Crippen molar-refractivity contribution in [3.05, 3.63) is 58.7 Å². The van der Waals surface area contributed by atoms with Crippen LogP contribution >= 0.6 is 11.6 Å². The van der Waals surface area contributed by atoms with Crippen molar-refractivity contribution in [3.8, 4) is 17.2 Å². The Morgan fingerprint density at radius 2 is 1.92 bits per heavy atom. The van der Waals surface area contributed by atoms with Gasteiger partial charge in [0.2, 0.25) is 0 Å². The Kier molecular flexibility index (Phi) is 8.12. The van der Waals surface area contributed by atoms with E-state index in [1.54, 1.807) is 42.6 Å². The molecular weight excluding hydrogens is 506 g/mol. The Bertz CT molecular complexity index is 1340. The number of Topliss-reactive ketones (excluding diaryl/α,β-unsaturated/α-hetero) is 1. The van der Waals surface area contributed by atoms with E-state index in [1.165, 1.54) is 0 Å². The number of pyridine rings is 1. The molecule has 0 radical (unpaired) electrons. The third kappa shape index (κ3) is 6.62. The van der Waals surface area contributed by atoms with Gasteiger partial charge in [-0.25, -0.2) is 0 Å². The number of benzene rings is 2. The smallest absolute Gasteiger partial charge is 0.252 e. The number of nitrogens with zero attached hydrogens (tertiary/aromatic N) is 2. The molecule has 1 saturated heterocycles. The topological polar surface area (TPSA) is 115 Å². The summed E-state index contributed by atoms with van der Waals surface area (Å²) in [5, 5.41) is 11.4. The lowest BCUT2D eigenvalue weighted by Gasteiger charge is -2.20. The maximum absolute atomic E-state index is 12.3. The minimum atomic E-state index is -0.691. The van der Waals surface area contributed by atoms with Gasteiger partial charge >= 0.3 is 0 Å². The molecule has 1 aliphatic heterocycles. The van der Waals surface area contributed by atoms with Crippen LogP contribution in [-0.4, -0.2) is 59.0 Å². The van der Waals surface area contributed by atoms with E-state index in [0.29, 0.717) is 52.7 Å². The van der Waals surface area contributed by atoms with E-state index in [-0.39, 0.29) is 23.7 Å². The van der Waals surface area contributed by atoms with Crippen LogP contribution in [0.4, 0.5) is 0 Å². The largest absolute Gasteiger partial charge is 0.490 e. The molecule has 0 unspecified atom stereocenters. The molecule has 9 heteroatoms. The van der Waals surface area contributed by atoms with E-state index in [9.17, 15) is 14.7 Å². The number of primary amides is 1. The summed E-state index contributed by atoms with van der Waals surface area (Å²) in [7, 11) is 0. The van der Waals surface area contributed by atoms with Gasteiger partial charge in [-0.05, 0) is 74.5 Å². The molecule has 1 amide bonds. The molecular formula is C29H32ClN3O5. The summed E-state index contributed by atoms with van der Waals surface area (Å²) in [5.41, 5.74) is 7.15. The van der Waals surface area contributed by atoms with Gasteiger partial charge in [-0.1, -0.05) is 17.7 Å². The molecule has 3 N–H and O–H groups in total. The summed E-state index contributed by atoms with van der Waals surface area (Å²) in [4.78, 5) is 31.1. The lowest BCUT2D eigenvalue weighted by atomic mass is 10.0. The Labute approximate surface area is 226 Å². The predicted molar refractivity (Wildman–Crippen MR) is 145 cm³/mol. The molecule has 2 heterocycles. The summed E-state index contributed by atoms with van der Waals surface area (Å²) in [5.74, 6) is 1.30. The van der Waals surface area contributed by atoms with E-state index >= 15 is 0 Å². The van der Waals surface area contributed by atoms with Gasteiger partial charge < -0.3 is 25.2 Å². The molecule has 2 fully saturated rings. The molecule has 1 aliphatic carbocycles. The third-order valence-electron chi connectivity index (χ3n) is 7.02. The van der Waals surface area contributed by atoms with Crippen molar-refractivity contribution in [1.29, 1.82) is 0 Å². The van der Waals surface area contributed by atoms with E-state index in [0.717, 1.165) is 44.3 Å². The fourth-order valence-corrected chi connectivity index (χ4v) is 5.08. The molecule has 5 rings (SSSR count). The van der Waals surface area contributed by atoms with E-state index in [4.69, 9.17) is 26.8 Å². The number of halogens is 1. The molecule has 1 aromatic heterocycles. The summed E-state index contributed by atoms with van der Waals surface area (Å²) in [6, 6.07) is 10.2. The summed E-state index contributed by atoms with van der Waals surface area (Å²) < 4.78 is 11.9. The number of likely N-dealkylation sites (tertiary alicyclic amines) is 1. The SMILES string of the molecule is NC(=O)c1cc2c(Oc3ccc(CC(=O)CC4CC4)c(Cl)c3)ccnc2cc1OC[C@H](O)CN1CCCC1. The number of ether oxygens (including phenoxy) is 2. The Morgan fingerprint density at radius 3 is 2.63 bits per heavy atom. The zero-order valence-electron chi connectivity index (χ0n) is 21.2. The van der Waals surface area contributed by atoms with Gasteiger partial charge in [-0.2, -0.15) is 0 Å². The minimum absolute atomic E-state index is 0.0342. The molecule has 1 saturated carbocycles. The Morgan fingerprint density at radius 1 is 1.13 bits per heavy atom. The van der Waals surface area contributed by atoms with Gasteiger partial charge in [-0.3, -0.25) is 14.6 Å². The van der Waals surface area contributed by atoms with Crippen molar-refractivity contribution < 1.29 is 24.2 Å². The minimum Gasteiger partial charge on any atom is -0.490 e. The fraction of sp³-hybridized carbons (Fsp3) is 0.414. The normalized spacial score (nSPS) is 16.5. The van der Waals surface area contributed by atoms with Crippen molar-refractivity contribution in [3.63, 3.8) is 0 Å². The number of fused-ring (bicyclic) bond motifs is 1. The number of ketones is 1. The van der Waals surface area contributed by atoms with Gasteiger partial charge in [0.25, 0.3) is 5.91 Å². The Balaban J connectivity index is 1.32. The number of carbonyl (C=O) groups is 2. The summed E-state index contributed by atoms with van der Waals surface area (Å²) >= 11 is 6.47. The van der Waals surface area contributed by atoms with Crippen molar-refractivity contribution >= 4 is 34.2 Å². The highest BCUT2D eigenvalue weighted by Gasteiger charge is 2.24. The molecule has 3 aromatic rings. The van der Waals surface area contributed by atoms with Crippen molar-refractivity contribution in [2.24, 2.45) is 11.7 Å². The first kappa shape index (κ1) is 26.4. The van der Waals surface area contributed by atoms with Gasteiger partial charge in [-0.15, -0.1) is 0 Å². The number of aromatic nitrogens is 1. The van der Waals surface area contributed by atoms with Crippen molar-refractivity contribution in [2.75, 3.05) is 26.2 Å². The van der Waals surface area contributed by atoms with Crippen LogP contribution in [0.2, 0.25) is 5.02 Å². The zero-order valence-corrected chi connectivity index (χ0v) is 22.0. The second-order valence-electron chi connectivity index (χ2n) is 10.2. The van der Waals surface area contributed by atoms with E-state index in [2.05, 4.69) is 9.88 Å². The number of amides is 1. The predicted octanol–water partition coefficient (Wildman–Crippen LogP) is 4.53. The monoisotopic (exact) mass is 537 g/mol.